The second kappa shape index (κ2) is 5.80. The summed E-state index contributed by atoms with van der Waals surface area (Å²) < 4.78 is 12.3. The third-order valence-electron chi connectivity index (χ3n) is 1.26. The average Bonchev–Trinajstić information content (AvgIpc) is 1.89. The fraction of sp³-hybridized carbons (Fsp3) is 0.750. The molecule has 0 radical (unpaired) electrons. The lowest BCUT2D eigenvalue weighted by atomic mass is 10.2. The minimum atomic E-state index is 0.0310. The van der Waals surface area contributed by atoms with Gasteiger partial charge in [0.05, 0.1) is 5.83 Å². The van der Waals surface area contributed by atoms with Gasteiger partial charge in [-0.1, -0.05) is 26.3 Å². The van der Waals surface area contributed by atoms with Crippen molar-refractivity contribution in [2.75, 3.05) is 0 Å². The van der Waals surface area contributed by atoms with Crippen molar-refractivity contribution in [3.05, 3.63) is 11.9 Å². The van der Waals surface area contributed by atoms with Crippen molar-refractivity contribution >= 4 is 0 Å². The van der Waals surface area contributed by atoms with E-state index in [1.54, 1.807) is 6.08 Å². The van der Waals surface area contributed by atoms with Crippen molar-refractivity contribution in [2.24, 2.45) is 0 Å². The van der Waals surface area contributed by atoms with Crippen LogP contribution in [0.25, 0.3) is 0 Å². The van der Waals surface area contributed by atoms with Gasteiger partial charge in [0.1, 0.15) is 0 Å². The molecule has 0 aromatic rings. The highest BCUT2D eigenvalue weighted by Gasteiger charge is 1.86. The molecule has 0 heterocycles. The Morgan fingerprint density at radius 3 is 2.56 bits per heavy atom. The van der Waals surface area contributed by atoms with Gasteiger partial charge in [0.15, 0.2) is 0 Å². The van der Waals surface area contributed by atoms with Crippen LogP contribution in [-0.4, -0.2) is 0 Å². The number of rotatable bonds is 4. The molecule has 0 rings (SSSR count). The molecule has 0 saturated carbocycles. The van der Waals surface area contributed by atoms with Gasteiger partial charge < -0.3 is 0 Å². The van der Waals surface area contributed by atoms with E-state index in [9.17, 15) is 4.39 Å². The van der Waals surface area contributed by atoms with Gasteiger partial charge in [0, 0.05) is 0 Å². The van der Waals surface area contributed by atoms with Crippen molar-refractivity contribution in [3.8, 4) is 0 Å². The second-order valence-electron chi connectivity index (χ2n) is 2.15. The maximum Gasteiger partial charge on any atom is 0.0957 e. The Morgan fingerprint density at radius 2 is 2.11 bits per heavy atom. The van der Waals surface area contributed by atoms with Gasteiger partial charge in [-0.15, -0.1) is 0 Å². The minimum Gasteiger partial charge on any atom is -0.212 e. The summed E-state index contributed by atoms with van der Waals surface area (Å²) in [5.74, 6) is 0.0310. The Bertz CT molecular complexity index is 84.6. The number of hydrogen-bond acceptors (Lipinski definition) is 0. The lowest BCUT2D eigenvalue weighted by Gasteiger charge is -1.89. The van der Waals surface area contributed by atoms with Gasteiger partial charge in [-0.05, 0) is 19.3 Å². The molecular weight excluding hydrogens is 115 g/mol. The van der Waals surface area contributed by atoms with Crippen molar-refractivity contribution in [1.82, 2.24) is 0 Å². The first-order chi connectivity index (χ1) is 4.31. The Morgan fingerprint density at radius 1 is 1.44 bits per heavy atom. The van der Waals surface area contributed by atoms with Gasteiger partial charge in [-0.3, -0.25) is 0 Å². The summed E-state index contributed by atoms with van der Waals surface area (Å²) in [5, 5.41) is 0. The lowest BCUT2D eigenvalue weighted by molar-refractivity contribution is 0.594. The first-order valence-corrected chi connectivity index (χ1v) is 3.65. The Balaban J connectivity index is 3.21. The zero-order valence-corrected chi connectivity index (χ0v) is 6.28. The van der Waals surface area contributed by atoms with Crippen LogP contribution in [0, 0.1) is 0 Å². The van der Waals surface area contributed by atoms with Crippen molar-refractivity contribution in [2.45, 2.75) is 39.5 Å². The van der Waals surface area contributed by atoms with Crippen LogP contribution in [0.1, 0.15) is 39.5 Å². The predicted octanol–water partition coefficient (Wildman–Crippen LogP) is 3.44. The number of unbranched alkanes of at least 4 members (excludes halogenated alkanes) is 2. The summed E-state index contributed by atoms with van der Waals surface area (Å²) in [5.41, 5.74) is 0. The molecular formula is C8H15F. The fourth-order valence-corrected chi connectivity index (χ4v) is 0.607. The molecule has 9 heavy (non-hydrogen) atoms. The molecule has 0 nitrogen and oxygen atoms in total. The predicted molar refractivity (Wildman–Crippen MR) is 39.0 cm³/mol. The van der Waals surface area contributed by atoms with Crippen LogP contribution in [0.15, 0.2) is 11.9 Å². The molecule has 0 aromatic heterocycles. The maximum absolute atomic E-state index is 12.3. The molecule has 0 N–H and O–H groups in total. The largest absolute Gasteiger partial charge is 0.212 e. The topological polar surface area (TPSA) is 0 Å². The molecule has 0 aromatic carbocycles. The van der Waals surface area contributed by atoms with Gasteiger partial charge in [0.2, 0.25) is 0 Å². The molecule has 0 spiro atoms. The van der Waals surface area contributed by atoms with E-state index in [1.165, 1.54) is 0 Å². The highest BCUT2D eigenvalue weighted by atomic mass is 19.1. The molecule has 0 aliphatic carbocycles. The average molecular weight is 130 g/mol. The molecule has 0 aliphatic heterocycles. The summed E-state index contributed by atoms with van der Waals surface area (Å²) in [6, 6.07) is 0. The van der Waals surface area contributed by atoms with Gasteiger partial charge >= 0.3 is 0 Å². The van der Waals surface area contributed by atoms with Gasteiger partial charge in [-0.2, -0.15) is 0 Å². The molecule has 0 unspecified atom stereocenters. The van der Waals surface area contributed by atoms with E-state index in [0.717, 1.165) is 19.3 Å². The summed E-state index contributed by atoms with van der Waals surface area (Å²) in [6.45, 7) is 3.94. The molecule has 1 heteroatoms. The molecule has 0 aliphatic rings. The van der Waals surface area contributed by atoms with Gasteiger partial charge in [-0.25, -0.2) is 4.39 Å². The van der Waals surface area contributed by atoms with E-state index in [1.807, 2.05) is 6.92 Å². The van der Waals surface area contributed by atoms with Crippen LogP contribution in [0.4, 0.5) is 4.39 Å². The van der Waals surface area contributed by atoms with E-state index < -0.39 is 0 Å². The summed E-state index contributed by atoms with van der Waals surface area (Å²) >= 11 is 0. The van der Waals surface area contributed by atoms with Crippen LogP contribution < -0.4 is 0 Å². The highest BCUT2D eigenvalue weighted by molar-refractivity contribution is 4.89. The van der Waals surface area contributed by atoms with Crippen molar-refractivity contribution < 1.29 is 4.39 Å². The minimum absolute atomic E-state index is 0.0310. The van der Waals surface area contributed by atoms with Crippen LogP contribution in [0.2, 0.25) is 0 Å². The monoisotopic (exact) mass is 130 g/mol. The summed E-state index contributed by atoms with van der Waals surface area (Å²) in [7, 11) is 0. The molecule has 0 amide bonds. The Hall–Kier alpha value is -0.330. The molecule has 54 valence electrons. The standard InChI is InChI=1S/C8H15F/c1-3-5-6-7-8(9)4-2/h7H,3-6H2,1-2H3/b8-7-. The quantitative estimate of drug-likeness (QED) is 0.511. The number of halogens is 1. The van der Waals surface area contributed by atoms with E-state index in [2.05, 4.69) is 6.92 Å². The second-order valence-corrected chi connectivity index (χ2v) is 2.15. The molecule has 0 atom stereocenters. The number of allylic oxidation sites excluding steroid dienone is 2. The first-order valence-electron chi connectivity index (χ1n) is 3.65. The number of hydrogen-bond donors (Lipinski definition) is 0. The van der Waals surface area contributed by atoms with E-state index in [-0.39, 0.29) is 5.83 Å². The Labute approximate surface area is 56.8 Å². The zero-order chi connectivity index (χ0) is 7.11. The smallest absolute Gasteiger partial charge is 0.0957 e. The van der Waals surface area contributed by atoms with Crippen LogP contribution >= 0.6 is 0 Å². The van der Waals surface area contributed by atoms with Gasteiger partial charge in [0.25, 0.3) is 0 Å². The molecule has 0 fully saturated rings. The summed E-state index contributed by atoms with van der Waals surface area (Å²) in [6.07, 6.45) is 5.38. The normalized spacial score (nSPS) is 12.1. The molecule has 0 bridgehead atoms. The van der Waals surface area contributed by atoms with E-state index >= 15 is 0 Å². The van der Waals surface area contributed by atoms with Crippen LogP contribution in [-0.2, 0) is 0 Å². The Kier molecular flexibility index (Phi) is 5.59. The van der Waals surface area contributed by atoms with E-state index in [0.29, 0.717) is 6.42 Å². The highest BCUT2D eigenvalue weighted by Crippen LogP contribution is 2.05. The maximum atomic E-state index is 12.3. The van der Waals surface area contributed by atoms with Crippen molar-refractivity contribution in [1.29, 1.82) is 0 Å². The van der Waals surface area contributed by atoms with Crippen LogP contribution in [0.3, 0.4) is 0 Å². The summed E-state index contributed by atoms with van der Waals surface area (Å²) in [4.78, 5) is 0. The van der Waals surface area contributed by atoms with Crippen LogP contribution in [0.5, 0.6) is 0 Å². The lowest BCUT2D eigenvalue weighted by Crippen LogP contribution is -1.71. The zero-order valence-electron chi connectivity index (χ0n) is 6.28. The fourth-order valence-electron chi connectivity index (χ4n) is 0.607. The van der Waals surface area contributed by atoms with E-state index in [4.69, 9.17) is 0 Å². The van der Waals surface area contributed by atoms with Crippen molar-refractivity contribution in [3.63, 3.8) is 0 Å². The molecule has 0 saturated heterocycles. The third-order valence-corrected chi connectivity index (χ3v) is 1.26. The third kappa shape index (κ3) is 5.54. The first kappa shape index (κ1) is 8.67. The SMILES string of the molecule is CCCC/C=C(\F)CC.